The Kier molecular flexibility index (Phi) is 7.07. The van der Waals surface area contributed by atoms with Gasteiger partial charge in [0, 0.05) is 63.4 Å². The molecule has 174 valence electrons. The average molecular weight is 434 g/mol. The van der Waals surface area contributed by atoms with Crippen LogP contribution in [0.4, 0.5) is 17.8 Å². The summed E-state index contributed by atoms with van der Waals surface area (Å²) in [4.78, 5) is 21.0. The Morgan fingerprint density at radius 2 is 1.13 bits per heavy atom. The molecule has 0 saturated carbocycles. The summed E-state index contributed by atoms with van der Waals surface area (Å²) in [6.07, 6.45) is 4.95. The number of hydrogen-bond donors (Lipinski definition) is 5. The molecule has 3 aliphatic heterocycles. The van der Waals surface area contributed by atoms with E-state index in [1.165, 1.54) is 6.42 Å². The van der Waals surface area contributed by atoms with Crippen LogP contribution in [0.5, 0.6) is 0 Å². The molecule has 0 aliphatic carbocycles. The molecule has 5 atom stereocenters. The second-order valence-corrected chi connectivity index (χ2v) is 9.59. The maximum absolute atomic E-state index is 6.24. The van der Waals surface area contributed by atoms with E-state index in [4.69, 9.17) is 43.6 Å². The van der Waals surface area contributed by atoms with Gasteiger partial charge in [0.1, 0.15) is 0 Å². The monoisotopic (exact) mass is 433 g/mol. The summed E-state index contributed by atoms with van der Waals surface area (Å²) in [6.45, 7) is 5.30. The number of anilines is 3. The van der Waals surface area contributed by atoms with Crippen LogP contribution in [0.1, 0.15) is 32.1 Å². The van der Waals surface area contributed by atoms with E-state index in [2.05, 4.69) is 14.7 Å². The number of piperidine rings is 3. The van der Waals surface area contributed by atoms with E-state index in [-0.39, 0.29) is 24.2 Å². The topological polar surface area (TPSA) is 178 Å². The lowest BCUT2D eigenvalue weighted by molar-refractivity contribution is 0.391. The second kappa shape index (κ2) is 9.78. The third-order valence-corrected chi connectivity index (χ3v) is 6.57. The largest absolute Gasteiger partial charge is 0.340 e. The number of nitrogens with two attached hydrogens (primary N) is 5. The van der Waals surface area contributed by atoms with Crippen molar-refractivity contribution in [1.29, 1.82) is 0 Å². The standard InChI is InChI=1S/C20H39N11/c21-4-3-13-2-1-5-29(8-13)18-26-19(30-9-14(22)6-15(23)10-30)28-20(27-18)31-11-16(24)7-17(25)12-31/h13-17H,1-12,21-25H2/t13?,14-,15+,16-,17+. The molecule has 0 spiro atoms. The van der Waals surface area contributed by atoms with E-state index in [1.54, 1.807) is 0 Å². The molecular weight excluding hydrogens is 394 g/mol. The third kappa shape index (κ3) is 5.53. The van der Waals surface area contributed by atoms with Crippen LogP contribution < -0.4 is 43.4 Å². The summed E-state index contributed by atoms with van der Waals surface area (Å²) in [5, 5.41) is 0. The molecule has 3 saturated heterocycles. The summed E-state index contributed by atoms with van der Waals surface area (Å²) < 4.78 is 0. The van der Waals surface area contributed by atoms with Gasteiger partial charge in [-0.2, -0.15) is 15.0 Å². The Morgan fingerprint density at radius 1 is 0.677 bits per heavy atom. The lowest BCUT2D eigenvalue weighted by Crippen LogP contribution is -2.54. The van der Waals surface area contributed by atoms with Gasteiger partial charge in [0.05, 0.1) is 0 Å². The van der Waals surface area contributed by atoms with E-state index < -0.39 is 0 Å². The van der Waals surface area contributed by atoms with Crippen molar-refractivity contribution in [1.82, 2.24) is 15.0 Å². The highest BCUT2D eigenvalue weighted by Gasteiger charge is 2.30. The number of aromatic nitrogens is 3. The molecule has 4 heterocycles. The Morgan fingerprint density at radius 3 is 1.58 bits per heavy atom. The van der Waals surface area contributed by atoms with E-state index in [9.17, 15) is 0 Å². The maximum Gasteiger partial charge on any atom is 0.232 e. The van der Waals surface area contributed by atoms with Gasteiger partial charge in [0.25, 0.3) is 0 Å². The smallest absolute Gasteiger partial charge is 0.232 e. The minimum atomic E-state index is 0.00756. The molecule has 4 rings (SSSR count). The van der Waals surface area contributed by atoms with Crippen molar-refractivity contribution in [2.75, 3.05) is 60.5 Å². The van der Waals surface area contributed by atoms with Crippen molar-refractivity contribution in [2.45, 2.75) is 56.3 Å². The summed E-state index contributed by atoms with van der Waals surface area (Å²) in [6, 6.07) is 0.0303. The first kappa shape index (κ1) is 22.4. The van der Waals surface area contributed by atoms with Crippen molar-refractivity contribution in [3.63, 3.8) is 0 Å². The van der Waals surface area contributed by atoms with E-state index in [0.717, 1.165) is 38.8 Å². The highest BCUT2D eigenvalue weighted by molar-refractivity contribution is 5.48. The minimum absolute atomic E-state index is 0.00756. The molecule has 10 N–H and O–H groups in total. The zero-order valence-electron chi connectivity index (χ0n) is 18.4. The predicted octanol–water partition coefficient (Wildman–Crippen LogP) is -1.83. The van der Waals surface area contributed by atoms with Crippen molar-refractivity contribution in [3.8, 4) is 0 Å². The fraction of sp³-hybridized carbons (Fsp3) is 0.850. The van der Waals surface area contributed by atoms with Crippen LogP contribution >= 0.6 is 0 Å². The average Bonchev–Trinajstić information content (AvgIpc) is 2.72. The summed E-state index contributed by atoms with van der Waals surface area (Å²) in [7, 11) is 0. The van der Waals surface area contributed by atoms with Crippen molar-refractivity contribution >= 4 is 17.8 Å². The van der Waals surface area contributed by atoms with Crippen molar-refractivity contribution in [3.05, 3.63) is 0 Å². The molecular formula is C20H39N11. The molecule has 11 nitrogen and oxygen atoms in total. The highest BCUT2D eigenvalue weighted by atomic mass is 15.4. The zero-order valence-corrected chi connectivity index (χ0v) is 18.4. The molecule has 0 bridgehead atoms. The Bertz CT molecular complexity index is 665. The first-order valence-corrected chi connectivity index (χ1v) is 11.6. The van der Waals surface area contributed by atoms with Crippen molar-refractivity contribution < 1.29 is 0 Å². The van der Waals surface area contributed by atoms with Crippen LogP contribution in [-0.4, -0.2) is 84.9 Å². The van der Waals surface area contributed by atoms with Gasteiger partial charge in [0.2, 0.25) is 17.8 Å². The van der Waals surface area contributed by atoms with Gasteiger partial charge in [-0.05, 0) is 44.6 Å². The molecule has 0 radical (unpaired) electrons. The molecule has 0 amide bonds. The van der Waals surface area contributed by atoms with Gasteiger partial charge in [-0.1, -0.05) is 0 Å². The van der Waals surface area contributed by atoms with Crippen LogP contribution in [-0.2, 0) is 0 Å². The van der Waals surface area contributed by atoms with Crippen LogP contribution in [0, 0.1) is 5.92 Å². The van der Waals surface area contributed by atoms with Gasteiger partial charge in [-0.15, -0.1) is 0 Å². The fourth-order valence-corrected chi connectivity index (χ4v) is 5.17. The molecule has 31 heavy (non-hydrogen) atoms. The first-order valence-electron chi connectivity index (χ1n) is 11.6. The van der Waals surface area contributed by atoms with E-state index in [1.807, 2.05) is 0 Å². The third-order valence-electron chi connectivity index (χ3n) is 6.57. The molecule has 1 unspecified atom stereocenters. The zero-order chi connectivity index (χ0) is 22.0. The van der Waals surface area contributed by atoms with Gasteiger partial charge in [0.15, 0.2) is 0 Å². The molecule has 0 aromatic carbocycles. The predicted molar refractivity (Wildman–Crippen MR) is 124 cm³/mol. The molecule has 1 aromatic rings. The molecule has 1 aromatic heterocycles. The number of hydrogen-bond acceptors (Lipinski definition) is 11. The Labute approximate surface area is 184 Å². The van der Waals surface area contributed by atoms with Crippen molar-refractivity contribution in [2.24, 2.45) is 34.6 Å². The quantitative estimate of drug-likeness (QED) is 0.352. The van der Waals surface area contributed by atoms with E-state index in [0.29, 0.717) is 56.5 Å². The molecule has 11 heteroatoms. The Hall–Kier alpha value is -1.79. The van der Waals surface area contributed by atoms with Crippen LogP contribution in [0.3, 0.4) is 0 Å². The first-order chi connectivity index (χ1) is 14.9. The normalized spacial score (nSPS) is 32.4. The highest BCUT2D eigenvalue weighted by Crippen LogP contribution is 2.27. The molecule has 3 fully saturated rings. The lowest BCUT2D eigenvalue weighted by atomic mass is 9.95. The number of rotatable bonds is 5. The summed E-state index contributed by atoms with van der Waals surface area (Å²) >= 11 is 0. The fourth-order valence-electron chi connectivity index (χ4n) is 5.17. The lowest BCUT2D eigenvalue weighted by Gasteiger charge is -2.38. The van der Waals surface area contributed by atoms with Crippen LogP contribution in [0.2, 0.25) is 0 Å². The minimum Gasteiger partial charge on any atom is -0.340 e. The molecule has 3 aliphatic rings. The second-order valence-electron chi connectivity index (χ2n) is 9.59. The summed E-state index contributed by atoms with van der Waals surface area (Å²) in [5.41, 5.74) is 30.8. The van der Waals surface area contributed by atoms with Crippen LogP contribution in [0.15, 0.2) is 0 Å². The Balaban J connectivity index is 1.65. The van der Waals surface area contributed by atoms with Crippen LogP contribution in [0.25, 0.3) is 0 Å². The van der Waals surface area contributed by atoms with E-state index >= 15 is 0 Å². The van der Waals surface area contributed by atoms with Gasteiger partial charge >= 0.3 is 0 Å². The maximum atomic E-state index is 6.24. The number of nitrogens with zero attached hydrogens (tertiary/aromatic N) is 6. The van der Waals surface area contributed by atoms with Gasteiger partial charge in [-0.25, -0.2) is 0 Å². The SMILES string of the molecule is NCCC1CCCN(c2nc(N3C[C@H](N)C[C@H](N)C3)nc(N3C[C@H](N)C[C@H](N)C3)n2)C1. The summed E-state index contributed by atoms with van der Waals surface area (Å²) in [5.74, 6) is 2.55. The van der Waals surface area contributed by atoms with Gasteiger partial charge < -0.3 is 43.4 Å². The van der Waals surface area contributed by atoms with Gasteiger partial charge in [-0.3, -0.25) is 0 Å².